The molecule has 174 valence electrons. The van der Waals surface area contributed by atoms with Gasteiger partial charge in [-0.25, -0.2) is 9.97 Å². The van der Waals surface area contributed by atoms with E-state index in [1.54, 1.807) is 11.3 Å². The van der Waals surface area contributed by atoms with Crippen molar-refractivity contribution < 1.29 is 9.90 Å². The number of thiazole rings is 1. The van der Waals surface area contributed by atoms with Crippen molar-refractivity contribution in [2.24, 2.45) is 0 Å². The van der Waals surface area contributed by atoms with Crippen LogP contribution in [-0.2, 0) is 11.2 Å². The van der Waals surface area contributed by atoms with Crippen LogP contribution in [0.2, 0.25) is 0 Å². The first-order valence-electron chi connectivity index (χ1n) is 12.0. The number of nitrogens with zero attached hydrogens (tertiary/aromatic N) is 4. The highest BCUT2D eigenvalue weighted by Gasteiger charge is 2.33. The van der Waals surface area contributed by atoms with E-state index < -0.39 is 0 Å². The Hall–Kier alpha value is -2.03. The Bertz CT molecular complexity index is 879. The Kier molecular flexibility index (Phi) is 8.10. The molecule has 0 saturated carbocycles. The van der Waals surface area contributed by atoms with Gasteiger partial charge in [0.25, 0.3) is 0 Å². The summed E-state index contributed by atoms with van der Waals surface area (Å²) < 4.78 is 0. The maximum Gasteiger partial charge on any atom is 0.239 e. The minimum atomic E-state index is -0.0611. The van der Waals surface area contributed by atoms with Gasteiger partial charge >= 0.3 is 0 Å². The highest BCUT2D eigenvalue weighted by Crippen LogP contribution is 2.30. The first-order chi connectivity index (χ1) is 15.7. The minimum absolute atomic E-state index is 0.0611. The second-order valence-corrected chi connectivity index (χ2v) is 9.94. The summed E-state index contributed by atoms with van der Waals surface area (Å²) in [6.07, 6.45) is 9.12. The van der Waals surface area contributed by atoms with Crippen LogP contribution in [-0.4, -0.2) is 69.6 Å². The predicted molar refractivity (Wildman–Crippen MR) is 128 cm³/mol. The number of amides is 1. The van der Waals surface area contributed by atoms with E-state index in [1.807, 2.05) is 17.2 Å². The van der Waals surface area contributed by atoms with E-state index in [9.17, 15) is 9.90 Å². The second kappa shape index (κ2) is 11.2. The molecule has 2 N–H and O–H groups in total. The maximum atomic E-state index is 13.2. The summed E-state index contributed by atoms with van der Waals surface area (Å²) in [5.41, 5.74) is 1.09. The van der Waals surface area contributed by atoms with Gasteiger partial charge in [0.2, 0.25) is 5.91 Å². The third kappa shape index (κ3) is 5.66. The van der Waals surface area contributed by atoms with Crippen LogP contribution in [0.4, 0.5) is 10.9 Å². The van der Waals surface area contributed by atoms with Crippen LogP contribution >= 0.6 is 11.3 Å². The summed E-state index contributed by atoms with van der Waals surface area (Å²) in [6.45, 7) is 5.35. The molecule has 1 atom stereocenters. The van der Waals surface area contributed by atoms with E-state index in [4.69, 9.17) is 4.98 Å². The molecular weight excluding hydrogens is 422 g/mol. The SMILES string of the molecule is CCCc1cnc(Nc2cccc(C3CCN(C(=O)C4CCCCN4CCO)CC3)n2)s1. The fourth-order valence-corrected chi connectivity index (χ4v) is 5.78. The van der Waals surface area contributed by atoms with Crippen LogP contribution < -0.4 is 5.32 Å². The molecule has 0 radical (unpaired) electrons. The van der Waals surface area contributed by atoms with Crippen molar-refractivity contribution in [1.29, 1.82) is 0 Å². The number of carbonyl (C=O) groups is 1. The molecule has 0 aliphatic carbocycles. The largest absolute Gasteiger partial charge is 0.395 e. The molecule has 2 aliphatic rings. The summed E-state index contributed by atoms with van der Waals surface area (Å²) in [4.78, 5) is 28.0. The molecule has 0 aromatic carbocycles. The number of carbonyl (C=O) groups excluding carboxylic acids is 1. The van der Waals surface area contributed by atoms with Crippen LogP contribution in [0.15, 0.2) is 24.4 Å². The number of anilines is 2. The van der Waals surface area contributed by atoms with E-state index in [1.165, 1.54) is 4.88 Å². The van der Waals surface area contributed by atoms with Crippen LogP contribution in [0, 0.1) is 0 Å². The number of aromatic nitrogens is 2. The lowest BCUT2D eigenvalue weighted by Crippen LogP contribution is -2.53. The molecule has 4 heterocycles. The maximum absolute atomic E-state index is 13.2. The summed E-state index contributed by atoms with van der Waals surface area (Å²) in [5, 5.41) is 13.6. The highest BCUT2D eigenvalue weighted by molar-refractivity contribution is 7.15. The Morgan fingerprint density at radius 3 is 2.84 bits per heavy atom. The molecule has 2 aromatic heterocycles. The number of β-amino-alcohol motifs (C(OH)–C–C–N with tert-alkyl or cyclic N) is 1. The molecule has 2 fully saturated rings. The molecule has 7 nitrogen and oxygen atoms in total. The van der Waals surface area contributed by atoms with E-state index in [2.05, 4.69) is 34.3 Å². The topological polar surface area (TPSA) is 81.6 Å². The van der Waals surface area contributed by atoms with Crippen molar-refractivity contribution in [3.63, 3.8) is 0 Å². The molecule has 1 amide bonds. The van der Waals surface area contributed by atoms with Gasteiger partial charge in [-0.3, -0.25) is 9.69 Å². The lowest BCUT2D eigenvalue weighted by molar-refractivity contribution is -0.139. The number of likely N-dealkylation sites (tertiary alicyclic amines) is 2. The number of rotatable bonds is 8. The quantitative estimate of drug-likeness (QED) is 0.628. The van der Waals surface area contributed by atoms with E-state index in [0.717, 1.165) is 81.2 Å². The number of aryl methyl sites for hydroxylation is 1. The number of pyridine rings is 1. The minimum Gasteiger partial charge on any atom is -0.395 e. The normalized spacial score (nSPS) is 20.4. The zero-order chi connectivity index (χ0) is 22.3. The number of nitrogens with one attached hydrogen (secondary N) is 1. The van der Waals surface area contributed by atoms with Gasteiger partial charge in [-0.1, -0.05) is 25.8 Å². The zero-order valence-corrected chi connectivity index (χ0v) is 19.8. The van der Waals surface area contributed by atoms with Gasteiger partial charge in [-0.05, 0) is 50.8 Å². The Morgan fingerprint density at radius 1 is 1.22 bits per heavy atom. The third-order valence-electron chi connectivity index (χ3n) is 6.57. The van der Waals surface area contributed by atoms with E-state index >= 15 is 0 Å². The van der Waals surface area contributed by atoms with Crippen molar-refractivity contribution in [1.82, 2.24) is 19.8 Å². The summed E-state index contributed by atoms with van der Waals surface area (Å²) in [5.74, 6) is 1.44. The fourth-order valence-electron chi connectivity index (χ4n) is 4.86. The zero-order valence-electron chi connectivity index (χ0n) is 19.0. The van der Waals surface area contributed by atoms with Crippen LogP contribution in [0.5, 0.6) is 0 Å². The number of piperidine rings is 2. The summed E-state index contributed by atoms with van der Waals surface area (Å²) in [6, 6.07) is 6.08. The number of hydrogen-bond acceptors (Lipinski definition) is 7. The van der Waals surface area contributed by atoms with Crippen molar-refractivity contribution >= 4 is 28.2 Å². The Balaban J connectivity index is 1.33. The number of aliphatic hydroxyl groups is 1. The second-order valence-electron chi connectivity index (χ2n) is 8.83. The van der Waals surface area contributed by atoms with Crippen molar-refractivity contribution in [3.8, 4) is 0 Å². The molecule has 8 heteroatoms. The van der Waals surface area contributed by atoms with E-state index in [0.29, 0.717) is 12.5 Å². The van der Waals surface area contributed by atoms with E-state index in [-0.39, 0.29) is 18.6 Å². The molecule has 2 saturated heterocycles. The lowest BCUT2D eigenvalue weighted by Gasteiger charge is -2.39. The molecule has 2 aliphatic heterocycles. The van der Waals surface area contributed by atoms with Gasteiger partial charge in [-0.15, -0.1) is 11.3 Å². The molecule has 2 aromatic rings. The first-order valence-corrected chi connectivity index (χ1v) is 12.8. The number of aliphatic hydroxyl groups excluding tert-OH is 1. The molecular formula is C24H35N5O2S. The summed E-state index contributed by atoms with van der Waals surface area (Å²) >= 11 is 1.69. The van der Waals surface area contributed by atoms with Crippen LogP contribution in [0.3, 0.4) is 0 Å². The number of hydrogen-bond donors (Lipinski definition) is 2. The molecule has 0 spiro atoms. The van der Waals surface area contributed by atoms with Gasteiger partial charge < -0.3 is 15.3 Å². The van der Waals surface area contributed by atoms with Crippen molar-refractivity contribution in [3.05, 3.63) is 35.0 Å². The predicted octanol–water partition coefficient (Wildman–Crippen LogP) is 3.79. The molecule has 32 heavy (non-hydrogen) atoms. The van der Waals surface area contributed by atoms with Crippen molar-refractivity contribution in [2.45, 2.75) is 63.8 Å². The highest BCUT2D eigenvalue weighted by atomic mass is 32.1. The van der Waals surface area contributed by atoms with Crippen LogP contribution in [0.25, 0.3) is 0 Å². The average molecular weight is 458 g/mol. The van der Waals surface area contributed by atoms with Gasteiger partial charge in [0.15, 0.2) is 5.13 Å². The van der Waals surface area contributed by atoms with Gasteiger partial charge in [0, 0.05) is 42.3 Å². The average Bonchev–Trinajstić information content (AvgIpc) is 3.26. The van der Waals surface area contributed by atoms with Gasteiger partial charge in [0.05, 0.1) is 12.6 Å². The Labute approximate surface area is 194 Å². The van der Waals surface area contributed by atoms with Gasteiger partial charge in [-0.2, -0.15) is 0 Å². The summed E-state index contributed by atoms with van der Waals surface area (Å²) in [7, 11) is 0. The lowest BCUT2D eigenvalue weighted by atomic mass is 9.92. The molecule has 0 bridgehead atoms. The van der Waals surface area contributed by atoms with Gasteiger partial charge in [0.1, 0.15) is 5.82 Å². The third-order valence-corrected chi connectivity index (χ3v) is 7.54. The molecule has 4 rings (SSSR count). The monoisotopic (exact) mass is 457 g/mol. The molecule has 1 unspecified atom stereocenters. The fraction of sp³-hybridized carbons (Fsp3) is 0.625. The van der Waals surface area contributed by atoms with Crippen molar-refractivity contribution in [2.75, 3.05) is 38.1 Å². The Morgan fingerprint density at radius 2 is 2.06 bits per heavy atom. The van der Waals surface area contributed by atoms with Crippen LogP contribution in [0.1, 0.15) is 61.9 Å². The first kappa shape index (κ1) is 23.1. The standard InChI is InChI=1S/C24H35N5O2S/c1-2-6-19-17-25-24(32-19)27-22-9-5-7-20(26-22)18-10-13-29(14-11-18)23(31)21-8-3-4-12-28(21)15-16-30/h5,7,9,17-18,21,30H,2-4,6,8,10-16H2,1H3,(H,25,26,27). The smallest absolute Gasteiger partial charge is 0.239 e.